The van der Waals surface area contributed by atoms with Crippen molar-refractivity contribution in [3.05, 3.63) is 47.5 Å². The van der Waals surface area contributed by atoms with Crippen molar-refractivity contribution < 1.29 is 268 Å². The minimum absolute atomic E-state index is 0. The van der Waals surface area contributed by atoms with Gasteiger partial charge in [-0.3, -0.25) is 0 Å². The van der Waals surface area contributed by atoms with Gasteiger partial charge in [0, 0.05) is 62.9 Å². The molecule has 6 rings (SSSR count). The quantitative estimate of drug-likeness (QED) is 0.0272. The van der Waals surface area contributed by atoms with Crippen molar-refractivity contribution in [3.8, 4) is 0 Å². The van der Waals surface area contributed by atoms with Gasteiger partial charge in [0.1, 0.15) is 20.2 Å². The number of aliphatic hydroxyl groups excluding tert-OH is 2. The molecule has 72 heavy (non-hydrogen) atoms. The Morgan fingerprint density at radius 1 is 0.569 bits per heavy atom. The van der Waals surface area contributed by atoms with E-state index in [0.717, 1.165) is 24.3 Å². The van der Waals surface area contributed by atoms with Gasteiger partial charge >= 0.3 is 206 Å². The van der Waals surface area contributed by atoms with Crippen molar-refractivity contribution in [1.82, 2.24) is 29.9 Å². The van der Waals surface area contributed by atoms with Gasteiger partial charge in [0.25, 0.3) is 0 Å². The van der Waals surface area contributed by atoms with Crippen LogP contribution >= 0.6 is 0 Å². The van der Waals surface area contributed by atoms with Crippen molar-refractivity contribution in [1.29, 1.82) is 0 Å². The molecular formula is C38H48K4N12O14S4. The number of aliphatic hydroxyl groups is 2. The Bertz CT molecular complexity index is 2780. The second kappa shape index (κ2) is 30.6. The summed E-state index contributed by atoms with van der Waals surface area (Å²) >= 11 is 0. The fraction of sp³-hybridized carbons (Fsp3) is 0.474. The number of piperidine rings is 2. The van der Waals surface area contributed by atoms with E-state index in [9.17, 15) is 62.1 Å². The summed E-state index contributed by atoms with van der Waals surface area (Å²) < 4.78 is 143. The topological polar surface area (TPSA) is 401 Å². The van der Waals surface area contributed by atoms with Gasteiger partial charge in [-0.05, 0) is 86.8 Å². The fourth-order valence-corrected chi connectivity index (χ4v) is 9.76. The molecule has 372 valence electrons. The molecule has 2 aliphatic rings. The predicted octanol–water partition coefficient (Wildman–Crippen LogP) is -11.4. The van der Waals surface area contributed by atoms with Gasteiger partial charge in [-0.15, -0.1) is 0 Å². The molecular weight excluding hydrogens is 1130 g/mol. The van der Waals surface area contributed by atoms with E-state index in [4.69, 9.17) is 0 Å². The first-order valence-corrected chi connectivity index (χ1v) is 26.9. The first-order chi connectivity index (χ1) is 31.9. The van der Waals surface area contributed by atoms with E-state index in [-0.39, 0.29) is 314 Å². The van der Waals surface area contributed by atoms with Gasteiger partial charge in [-0.2, -0.15) is 29.9 Å². The second-order valence-electron chi connectivity index (χ2n) is 16.2. The van der Waals surface area contributed by atoms with Crippen LogP contribution in [-0.4, -0.2) is 155 Å². The Hall–Kier alpha value is 1.11. The molecule has 4 atom stereocenters. The zero-order valence-electron chi connectivity index (χ0n) is 40.4. The molecule has 34 heteroatoms. The van der Waals surface area contributed by atoms with Gasteiger partial charge in [-0.1, -0.05) is 24.3 Å². The Labute approximate surface area is 588 Å². The first-order valence-electron chi connectivity index (χ1n) is 20.9. The van der Waals surface area contributed by atoms with Gasteiger partial charge in [0.2, 0.25) is 35.7 Å². The number of nitrogens with zero attached hydrogens (tertiary/aromatic N) is 8. The Kier molecular flexibility index (Phi) is 29.4. The molecule has 0 saturated carbocycles. The van der Waals surface area contributed by atoms with Gasteiger partial charge in [-0.25, -0.2) is 33.7 Å². The minimum atomic E-state index is -5.24. The maximum Gasteiger partial charge on any atom is 1.00 e. The van der Waals surface area contributed by atoms with E-state index < -0.39 is 61.8 Å². The van der Waals surface area contributed by atoms with Gasteiger partial charge < -0.3 is 59.5 Å². The molecule has 2 aromatic heterocycles. The van der Waals surface area contributed by atoms with Crippen LogP contribution in [0.5, 0.6) is 0 Å². The maximum absolute atomic E-state index is 12.6. The maximum atomic E-state index is 12.6. The van der Waals surface area contributed by atoms with Crippen LogP contribution in [0.3, 0.4) is 0 Å². The average molecular weight is 1180 g/mol. The fourth-order valence-electron chi connectivity index (χ4n) is 7.67. The van der Waals surface area contributed by atoms with Crippen molar-refractivity contribution in [2.24, 2.45) is 11.8 Å². The number of aromatic nitrogens is 6. The van der Waals surface area contributed by atoms with Gasteiger partial charge in [0.15, 0.2) is 0 Å². The number of anilines is 8. The van der Waals surface area contributed by atoms with E-state index in [2.05, 4.69) is 51.2 Å². The Balaban J connectivity index is 0.00000444. The van der Waals surface area contributed by atoms with Crippen LogP contribution in [0.4, 0.5) is 47.1 Å². The van der Waals surface area contributed by atoms with Crippen LogP contribution < -0.4 is 237 Å². The normalized spacial score (nSPS) is 18.4. The summed E-state index contributed by atoms with van der Waals surface area (Å²) in [6.07, 6.45) is 4.62. The molecule has 4 aromatic rings. The molecule has 4 unspecified atom stereocenters. The molecule has 26 nitrogen and oxygen atoms in total. The number of benzene rings is 2. The Morgan fingerprint density at radius 2 is 0.917 bits per heavy atom. The summed E-state index contributed by atoms with van der Waals surface area (Å²) in [5.41, 5.74) is -0.433. The molecule has 0 radical (unpaired) electrons. The molecule has 2 fully saturated rings. The minimum Gasteiger partial charge on any atom is -0.748 e. The zero-order chi connectivity index (χ0) is 49.6. The molecule has 2 saturated heterocycles. The summed E-state index contributed by atoms with van der Waals surface area (Å²) in [7, 11) is -19.7. The number of hydrogen-bond acceptors (Lipinski definition) is 26. The third-order valence-corrected chi connectivity index (χ3v) is 14.2. The summed E-state index contributed by atoms with van der Waals surface area (Å²) in [5.74, 6) is -1.80. The predicted molar refractivity (Wildman–Crippen MR) is 243 cm³/mol. The van der Waals surface area contributed by atoms with Crippen molar-refractivity contribution in [3.63, 3.8) is 0 Å². The monoisotopic (exact) mass is 1180 g/mol. The van der Waals surface area contributed by atoms with E-state index in [1.54, 1.807) is 0 Å². The summed E-state index contributed by atoms with van der Waals surface area (Å²) in [5, 5.41) is 30.3. The smallest absolute Gasteiger partial charge is 0.748 e. The third-order valence-electron chi connectivity index (χ3n) is 11.0. The molecule has 2 aromatic carbocycles. The summed E-state index contributed by atoms with van der Waals surface area (Å²) in [6.45, 7) is 3.93. The molecule has 4 heterocycles. The SMILES string of the molecule is CC1CC(CO)CCN1c1nc(NCCS(=O)(=O)[O-])nc(Nc2ccc(C=Cc3ccc(Nc4nc(NCCS(=O)(=O)[O-])nc(N5CCC(CO)CC5C)n4)cc3S(=O)(=O)[O-])c(S(=O)(=O)[O-])c2)n1.[K+].[K+].[K+].[K+]. The molecule has 0 spiro atoms. The number of hydrogen-bond donors (Lipinski definition) is 6. The zero-order valence-corrected chi connectivity index (χ0v) is 56.2. The largest absolute Gasteiger partial charge is 1.00 e. The average Bonchev–Trinajstić information content (AvgIpc) is 3.24. The van der Waals surface area contributed by atoms with E-state index in [1.165, 1.54) is 24.3 Å². The molecule has 0 bridgehead atoms. The molecule has 0 aliphatic carbocycles. The summed E-state index contributed by atoms with van der Waals surface area (Å²) in [4.78, 5) is 28.2. The van der Waals surface area contributed by atoms with Crippen LogP contribution in [0.1, 0.15) is 50.7 Å². The van der Waals surface area contributed by atoms with Crippen LogP contribution in [0.2, 0.25) is 0 Å². The van der Waals surface area contributed by atoms with Crippen LogP contribution in [0, 0.1) is 11.8 Å². The van der Waals surface area contributed by atoms with Crippen molar-refractivity contribution >= 4 is 99.7 Å². The number of rotatable bonds is 20. The Morgan fingerprint density at radius 3 is 1.22 bits per heavy atom. The van der Waals surface area contributed by atoms with E-state index in [1.807, 2.05) is 23.6 Å². The van der Waals surface area contributed by atoms with Crippen molar-refractivity contribution in [2.75, 3.05) is 82.0 Å². The number of nitrogens with one attached hydrogen (secondary N) is 4. The summed E-state index contributed by atoms with van der Waals surface area (Å²) in [6, 6.07) is 6.78. The first kappa shape index (κ1) is 69.2. The van der Waals surface area contributed by atoms with Crippen LogP contribution in [0.15, 0.2) is 46.2 Å². The van der Waals surface area contributed by atoms with Crippen LogP contribution in [-0.2, 0) is 40.5 Å². The third kappa shape index (κ3) is 21.3. The molecule has 6 N–H and O–H groups in total. The molecule has 2 aliphatic heterocycles. The standard InChI is InChI=1S/C38H52N12O14S4.4K/c1-23-17-25(21-51)9-13-49(23)37-45-33(39-11-15-65(53,54)55)43-35(47-37)41-29-7-5-27(31(19-29)67(59,60)61)3-4-28-6-8-30(20-32(28)68(62,63)64)42-36-44-34(40-12-16-66(56,57)58)46-38(48-36)50-14-10-26(22-52)18-24(50)2;;;;/h3-8,19-20,23-26,51-52H,9-18,21-22H2,1-2H3,(H,53,54,55)(H,56,57,58)(H,59,60,61)(H,62,63,64)(H2,39,41,43,45,47)(H2,40,42,44,46,48);;;;/q;4*+1/p-4. The van der Waals surface area contributed by atoms with E-state index in [0.29, 0.717) is 38.8 Å². The molecule has 0 amide bonds. The second-order valence-corrected chi connectivity index (χ2v) is 21.9. The van der Waals surface area contributed by atoms with Crippen molar-refractivity contribution in [2.45, 2.75) is 61.4 Å². The van der Waals surface area contributed by atoms with Gasteiger partial charge in [0.05, 0.1) is 41.5 Å². The van der Waals surface area contributed by atoms with E-state index >= 15 is 0 Å². The van der Waals surface area contributed by atoms with Crippen LogP contribution in [0.25, 0.3) is 12.2 Å².